The number of hydrogen-bond acceptors (Lipinski definition) is 4. The molecule has 196 valence electrons. The van der Waals surface area contributed by atoms with E-state index in [4.69, 9.17) is 0 Å². The third kappa shape index (κ3) is 7.90. The molecule has 0 heterocycles. The molecule has 0 radical (unpaired) electrons. The van der Waals surface area contributed by atoms with Gasteiger partial charge in [0.2, 0.25) is 21.8 Å². The van der Waals surface area contributed by atoms with E-state index >= 15 is 0 Å². The maximum atomic E-state index is 13.9. The Hall–Kier alpha value is -3.17. The van der Waals surface area contributed by atoms with Gasteiger partial charge in [0.25, 0.3) is 0 Å². The Morgan fingerprint density at radius 2 is 1.51 bits per heavy atom. The van der Waals surface area contributed by atoms with E-state index in [9.17, 15) is 18.0 Å². The number of likely N-dealkylation sites (N-methyl/N-ethyl adjacent to an activating group) is 1. The van der Waals surface area contributed by atoms with Crippen LogP contribution in [0.15, 0.2) is 77.3 Å². The highest BCUT2D eigenvalue weighted by Gasteiger charge is 2.32. The SMILES string of the molecule is CNC(=O)[C@H](Cc1ccccc1)N(Cc1ccc(Br)cc1)C(=O)CN(c1cc(C)cc(C)c1)S(C)(=O)=O. The van der Waals surface area contributed by atoms with Crippen LogP contribution in [0.25, 0.3) is 0 Å². The molecule has 0 saturated heterocycles. The molecule has 0 aromatic heterocycles. The fraction of sp³-hybridized carbons (Fsp3) is 0.286. The van der Waals surface area contributed by atoms with Gasteiger partial charge in [-0.05, 0) is 60.4 Å². The van der Waals surface area contributed by atoms with Crippen LogP contribution in [0.4, 0.5) is 5.69 Å². The summed E-state index contributed by atoms with van der Waals surface area (Å²) in [5.41, 5.74) is 3.89. The Labute approximate surface area is 227 Å². The van der Waals surface area contributed by atoms with Gasteiger partial charge in [-0.25, -0.2) is 8.42 Å². The smallest absolute Gasteiger partial charge is 0.244 e. The molecule has 2 amide bonds. The minimum absolute atomic E-state index is 0.140. The number of hydrogen-bond donors (Lipinski definition) is 1. The van der Waals surface area contributed by atoms with Gasteiger partial charge in [0.15, 0.2) is 0 Å². The van der Waals surface area contributed by atoms with E-state index in [1.807, 2.05) is 74.5 Å². The number of anilines is 1. The zero-order valence-electron chi connectivity index (χ0n) is 21.4. The maximum Gasteiger partial charge on any atom is 0.244 e. The normalized spacial score (nSPS) is 12.0. The lowest BCUT2D eigenvalue weighted by atomic mass is 10.0. The predicted molar refractivity (Wildman–Crippen MR) is 151 cm³/mol. The van der Waals surface area contributed by atoms with Gasteiger partial charge in [-0.3, -0.25) is 13.9 Å². The molecule has 7 nitrogen and oxygen atoms in total. The number of rotatable bonds is 10. The number of sulfonamides is 1. The Kier molecular flexibility index (Phi) is 9.50. The molecule has 0 unspecified atom stereocenters. The first-order valence-electron chi connectivity index (χ1n) is 11.8. The zero-order valence-corrected chi connectivity index (χ0v) is 23.8. The summed E-state index contributed by atoms with van der Waals surface area (Å²) in [7, 11) is -2.26. The Bertz CT molecular complexity index is 1330. The number of aryl methyl sites for hydroxylation is 2. The van der Waals surface area contributed by atoms with Crippen molar-refractivity contribution in [3.63, 3.8) is 0 Å². The molecule has 0 aliphatic heterocycles. The van der Waals surface area contributed by atoms with Crippen molar-refractivity contribution in [1.82, 2.24) is 10.2 Å². The summed E-state index contributed by atoms with van der Waals surface area (Å²) in [6, 6.07) is 21.5. The Morgan fingerprint density at radius 1 is 0.919 bits per heavy atom. The molecule has 0 aliphatic carbocycles. The standard InChI is InChI=1S/C28H32BrN3O4S/c1-20-14-21(2)16-25(15-20)32(37(4,35)36)19-27(33)31(18-23-10-12-24(29)13-11-23)26(28(34)30-3)17-22-8-6-5-7-9-22/h5-16,26H,17-19H2,1-4H3,(H,30,34)/t26-/m0/s1. The molecule has 0 spiro atoms. The molecule has 0 bridgehead atoms. The van der Waals surface area contributed by atoms with Gasteiger partial charge in [0.05, 0.1) is 11.9 Å². The molecule has 3 aromatic rings. The van der Waals surface area contributed by atoms with Crippen LogP contribution in [0.3, 0.4) is 0 Å². The number of halogens is 1. The lowest BCUT2D eigenvalue weighted by Crippen LogP contribution is -2.52. The fourth-order valence-corrected chi connectivity index (χ4v) is 5.31. The molecule has 3 aromatic carbocycles. The molecule has 9 heteroatoms. The zero-order chi connectivity index (χ0) is 27.2. The first kappa shape index (κ1) is 28.4. The lowest BCUT2D eigenvalue weighted by molar-refractivity contribution is -0.139. The number of carbonyl (C=O) groups is 2. The molecular weight excluding hydrogens is 554 g/mol. The molecule has 1 atom stereocenters. The van der Waals surface area contributed by atoms with E-state index in [1.54, 1.807) is 12.1 Å². The lowest BCUT2D eigenvalue weighted by Gasteiger charge is -2.33. The summed E-state index contributed by atoms with van der Waals surface area (Å²) >= 11 is 3.42. The van der Waals surface area contributed by atoms with Gasteiger partial charge < -0.3 is 10.2 Å². The molecule has 0 saturated carbocycles. The van der Waals surface area contributed by atoms with Gasteiger partial charge in [-0.15, -0.1) is 0 Å². The van der Waals surface area contributed by atoms with E-state index in [-0.39, 0.29) is 18.9 Å². The first-order valence-corrected chi connectivity index (χ1v) is 14.5. The Balaban J connectivity index is 2.03. The summed E-state index contributed by atoms with van der Waals surface area (Å²) < 4.78 is 27.7. The van der Waals surface area contributed by atoms with Crippen LogP contribution in [0.2, 0.25) is 0 Å². The van der Waals surface area contributed by atoms with Crippen molar-refractivity contribution in [2.75, 3.05) is 24.2 Å². The van der Waals surface area contributed by atoms with E-state index in [0.717, 1.165) is 37.3 Å². The van der Waals surface area contributed by atoms with Crippen molar-refractivity contribution >= 4 is 43.5 Å². The van der Waals surface area contributed by atoms with Gasteiger partial charge in [-0.2, -0.15) is 0 Å². The van der Waals surface area contributed by atoms with Crippen molar-refractivity contribution in [3.8, 4) is 0 Å². The summed E-state index contributed by atoms with van der Waals surface area (Å²) in [5.74, 6) is -0.802. The topological polar surface area (TPSA) is 86.8 Å². The molecule has 0 aliphatic rings. The molecule has 3 rings (SSSR count). The van der Waals surface area contributed by atoms with Crippen molar-refractivity contribution in [3.05, 3.63) is 99.5 Å². The number of benzene rings is 3. The predicted octanol–water partition coefficient (Wildman–Crippen LogP) is 4.22. The van der Waals surface area contributed by atoms with Crippen LogP contribution in [-0.4, -0.2) is 51.0 Å². The maximum absolute atomic E-state index is 13.9. The van der Waals surface area contributed by atoms with Crippen LogP contribution >= 0.6 is 15.9 Å². The minimum Gasteiger partial charge on any atom is -0.357 e. The number of amides is 2. The fourth-order valence-electron chi connectivity index (χ4n) is 4.22. The highest BCUT2D eigenvalue weighted by molar-refractivity contribution is 9.10. The first-order chi connectivity index (χ1) is 17.5. The van der Waals surface area contributed by atoms with E-state index < -0.39 is 28.5 Å². The van der Waals surface area contributed by atoms with Crippen molar-refractivity contribution < 1.29 is 18.0 Å². The third-order valence-electron chi connectivity index (χ3n) is 5.96. The van der Waals surface area contributed by atoms with Gasteiger partial charge in [-0.1, -0.05) is 64.5 Å². The third-order valence-corrected chi connectivity index (χ3v) is 7.63. The number of nitrogens with zero attached hydrogens (tertiary/aromatic N) is 2. The van der Waals surface area contributed by atoms with Crippen LogP contribution < -0.4 is 9.62 Å². The summed E-state index contributed by atoms with van der Waals surface area (Å²) in [6.07, 6.45) is 1.36. The van der Waals surface area contributed by atoms with Crippen molar-refractivity contribution in [1.29, 1.82) is 0 Å². The quantitative estimate of drug-likeness (QED) is 0.386. The number of carbonyl (C=O) groups excluding carboxylic acids is 2. The second kappa shape index (κ2) is 12.4. The second-order valence-electron chi connectivity index (χ2n) is 9.08. The molecule has 37 heavy (non-hydrogen) atoms. The van der Waals surface area contributed by atoms with Gasteiger partial charge in [0.1, 0.15) is 12.6 Å². The minimum atomic E-state index is -3.79. The van der Waals surface area contributed by atoms with Crippen molar-refractivity contribution in [2.24, 2.45) is 0 Å². The monoisotopic (exact) mass is 585 g/mol. The summed E-state index contributed by atoms with van der Waals surface area (Å²) in [5, 5.41) is 2.67. The highest BCUT2D eigenvalue weighted by atomic mass is 79.9. The summed E-state index contributed by atoms with van der Waals surface area (Å²) in [4.78, 5) is 28.5. The van der Waals surface area contributed by atoms with Gasteiger partial charge in [0, 0.05) is 24.5 Å². The highest BCUT2D eigenvalue weighted by Crippen LogP contribution is 2.23. The van der Waals surface area contributed by atoms with Crippen LogP contribution in [0.1, 0.15) is 22.3 Å². The number of nitrogens with one attached hydrogen (secondary N) is 1. The average molecular weight is 587 g/mol. The molecule has 0 fully saturated rings. The van der Waals surface area contributed by atoms with E-state index in [1.165, 1.54) is 11.9 Å². The van der Waals surface area contributed by atoms with E-state index in [0.29, 0.717) is 5.69 Å². The second-order valence-corrected chi connectivity index (χ2v) is 11.9. The van der Waals surface area contributed by atoms with Crippen LogP contribution in [0.5, 0.6) is 0 Å². The van der Waals surface area contributed by atoms with Crippen LogP contribution in [-0.2, 0) is 32.6 Å². The molecular formula is C28H32BrN3O4S. The van der Waals surface area contributed by atoms with Crippen LogP contribution in [0, 0.1) is 13.8 Å². The Morgan fingerprint density at radius 3 is 2.05 bits per heavy atom. The average Bonchev–Trinajstić information content (AvgIpc) is 2.84. The molecule has 1 N–H and O–H groups in total. The van der Waals surface area contributed by atoms with Crippen molar-refractivity contribution in [2.45, 2.75) is 32.9 Å². The van der Waals surface area contributed by atoms with E-state index in [2.05, 4.69) is 21.2 Å². The van der Waals surface area contributed by atoms with Gasteiger partial charge >= 0.3 is 0 Å². The largest absolute Gasteiger partial charge is 0.357 e. The summed E-state index contributed by atoms with van der Waals surface area (Å²) in [6.45, 7) is 3.46.